The van der Waals surface area contributed by atoms with Crippen molar-refractivity contribution in [2.24, 2.45) is 0 Å². The summed E-state index contributed by atoms with van der Waals surface area (Å²) in [6, 6.07) is 5.65. The van der Waals surface area contributed by atoms with E-state index in [2.05, 4.69) is 0 Å². The van der Waals surface area contributed by atoms with Crippen LogP contribution in [0.3, 0.4) is 0 Å². The minimum atomic E-state index is -4.06. The van der Waals surface area contributed by atoms with Gasteiger partial charge in [-0.25, -0.2) is 8.78 Å². The highest BCUT2D eigenvalue weighted by atomic mass is 32.2. The molecule has 0 saturated heterocycles. The maximum atomic E-state index is 12.7. The number of halogens is 4. The lowest BCUT2D eigenvalue weighted by Crippen LogP contribution is -2.21. The lowest BCUT2D eigenvalue weighted by Gasteiger charge is -2.14. The molecule has 0 radical (unpaired) electrons. The van der Waals surface area contributed by atoms with Gasteiger partial charge in [-0.1, -0.05) is 6.92 Å². The van der Waals surface area contributed by atoms with Gasteiger partial charge in [-0.3, -0.25) is 0 Å². The standard InChI is InChI=1S/C11H12F4OS/c1-2-7-16-8-3-5-9(6-4-8)17-11(14,15)10(12)13/h3-6,10H,2,7H2,1H3. The van der Waals surface area contributed by atoms with Crippen LogP contribution in [-0.4, -0.2) is 18.3 Å². The summed E-state index contributed by atoms with van der Waals surface area (Å²) in [5, 5.41) is -4.06. The highest BCUT2D eigenvalue weighted by Gasteiger charge is 2.41. The smallest absolute Gasteiger partial charge is 0.357 e. The highest BCUT2D eigenvalue weighted by Crippen LogP contribution is 2.40. The van der Waals surface area contributed by atoms with E-state index in [1.807, 2.05) is 6.92 Å². The van der Waals surface area contributed by atoms with Crippen LogP contribution in [0.1, 0.15) is 13.3 Å². The average molecular weight is 268 g/mol. The zero-order valence-electron chi connectivity index (χ0n) is 9.13. The van der Waals surface area contributed by atoms with Crippen molar-refractivity contribution < 1.29 is 22.3 Å². The van der Waals surface area contributed by atoms with Crippen LogP contribution < -0.4 is 4.74 Å². The lowest BCUT2D eigenvalue weighted by atomic mass is 10.3. The van der Waals surface area contributed by atoms with E-state index in [1.165, 1.54) is 24.3 Å². The predicted molar refractivity (Wildman–Crippen MR) is 59.0 cm³/mol. The second kappa shape index (κ2) is 6.14. The minimum absolute atomic E-state index is 0.0825. The molecule has 0 aliphatic heterocycles. The molecule has 6 heteroatoms. The van der Waals surface area contributed by atoms with Gasteiger partial charge in [-0.2, -0.15) is 8.78 Å². The molecule has 0 heterocycles. The number of hydrogen-bond acceptors (Lipinski definition) is 2. The molecule has 0 saturated carbocycles. The van der Waals surface area contributed by atoms with Gasteiger partial charge in [0.25, 0.3) is 0 Å². The Morgan fingerprint density at radius 2 is 1.82 bits per heavy atom. The summed E-state index contributed by atoms with van der Waals surface area (Å²) in [6.07, 6.45) is -2.84. The van der Waals surface area contributed by atoms with Crippen molar-refractivity contribution in [1.29, 1.82) is 0 Å². The Morgan fingerprint density at radius 3 is 2.29 bits per heavy atom. The molecule has 17 heavy (non-hydrogen) atoms. The third-order valence-corrected chi connectivity index (χ3v) is 2.76. The number of rotatable bonds is 6. The van der Waals surface area contributed by atoms with Crippen LogP contribution in [0, 0.1) is 0 Å². The van der Waals surface area contributed by atoms with Gasteiger partial charge >= 0.3 is 11.7 Å². The topological polar surface area (TPSA) is 9.23 Å². The van der Waals surface area contributed by atoms with Gasteiger partial charge in [0.05, 0.1) is 6.61 Å². The molecule has 96 valence electrons. The first-order valence-corrected chi connectivity index (χ1v) is 5.85. The molecule has 0 aliphatic carbocycles. The van der Waals surface area contributed by atoms with Crippen molar-refractivity contribution in [1.82, 2.24) is 0 Å². The first kappa shape index (κ1) is 14.2. The summed E-state index contributed by atoms with van der Waals surface area (Å²) in [5.41, 5.74) is 0. The number of thioether (sulfide) groups is 1. The fourth-order valence-corrected chi connectivity index (χ4v) is 1.70. The Labute approximate surface area is 101 Å². The third-order valence-electron chi connectivity index (χ3n) is 1.80. The average Bonchev–Trinajstić information content (AvgIpc) is 2.27. The molecule has 0 spiro atoms. The quantitative estimate of drug-likeness (QED) is 0.557. The van der Waals surface area contributed by atoms with Crippen LogP contribution in [0.25, 0.3) is 0 Å². The summed E-state index contributed by atoms with van der Waals surface area (Å²) in [5.74, 6) is 0.538. The van der Waals surface area contributed by atoms with Crippen molar-refractivity contribution in [3.05, 3.63) is 24.3 Å². The van der Waals surface area contributed by atoms with Crippen molar-refractivity contribution in [3.8, 4) is 5.75 Å². The monoisotopic (exact) mass is 268 g/mol. The van der Waals surface area contributed by atoms with Crippen LogP contribution >= 0.6 is 11.8 Å². The Balaban J connectivity index is 2.62. The number of ether oxygens (including phenoxy) is 1. The molecule has 1 aromatic rings. The summed E-state index contributed by atoms with van der Waals surface area (Å²) in [6.45, 7) is 2.47. The Bertz CT molecular complexity index is 340. The molecule has 0 N–H and O–H groups in total. The molecular weight excluding hydrogens is 256 g/mol. The summed E-state index contributed by atoms with van der Waals surface area (Å²) in [7, 11) is 0. The van der Waals surface area contributed by atoms with E-state index < -0.39 is 11.7 Å². The van der Waals surface area contributed by atoms with Gasteiger partial charge in [0.1, 0.15) is 5.75 Å². The molecule has 1 rings (SSSR count). The lowest BCUT2D eigenvalue weighted by molar-refractivity contribution is -0.0563. The molecule has 0 aromatic heterocycles. The first-order chi connectivity index (χ1) is 7.95. The van der Waals surface area contributed by atoms with Gasteiger partial charge in [-0.05, 0) is 42.4 Å². The van der Waals surface area contributed by atoms with Gasteiger partial charge < -0.3 is 4.74 Å². The number of benzene rings is 1. The van der Waals surface area contributed by atoms with E-state index in [0.29, 0.717) is 12.4 Å². The van der Waals surface area contributed by atoms with Crippen LogP contribution in [0.2, 0.25) is 0 Å². The summed E-state index contributed by atoms with van der Waals surface area (Å²) < 4.78 is 54.6. The summed E-state index contributed by atoms with van der Waals surface area (Å²) in [4.78, 5) is 0.0825. The van der Waals surface area contributed by atoms with Gasteiger partial charge in [0.15, 0.2) is 0 Å². The zero-order chi connectivity index (χ0) is 12.9. The van der Waals surface area contributed by atoms with Crippen molar-refractivity contribution in [3.63, 3.8) is 0 Å². The maximum Gasteiger partial charge on any atom is 0.357 e. The number of hydrogen-bond donors (Lipinski definition) is 0. The SMILES string of the molecule is CCCOc1ccc(SC(F)(F)C(F)F)cc1. The van der Waals surface area contributed by atoms with E-state index in [9.17, 15) is 17.6 Å². The maximum absolute atomic E-state index is 12.7. The Morgan fingerprint density at radius 1 is 1.24 bits per heavy atom. The third kappa shape index (κ3) is 4.46. The molecule has 0 atom stereocenters. The molecule has 0 bridgehead atoms. The largest absolute Gasteiger partial charge is 0.494 e. The van der Waals surface area contributed by atoms with Gasteiger partial charge in [0.2, 0.25) is 0 Å². The molecule has 1 nitrogen and oxygen atoms in total. The minimum Gasteiger partial charge on any atom is -0.494 e. The van der Waals surface area contributed by atoms with Crippen LogP contribution in [-0.2, 0) is 0 Å². The Hall–Kier alpha value is -0.910. The van der Waals surface area contributed by atoms with Gasteiger partial charge in [-0.15, -0.1) is 0 Å². The molecule has 0 fully saturated rings. The number of alkyl halides is 4. The molecule has 1 aromatic carbocycles. The first-order valence-electron chi connectivity index (χ1n) is 5.03. The van der Waals surface area contributed by atoms with E-state index >= 15 is 0 Å². The fraction of sp³-hybridized carbons (Fsp3) is 0.455. The second-order valence-electron chi connectivity index (χ2n) is 3.28. The Kier molecular flexibility index (Phi) is 5.11. The fourth-order valence-electron chi connectivity index (χ4n) is 1.03. The van der Waals surface area contributed by atoms with Crippen LogP contribution in [0.5, 0.6) is 5.75 Å². The van der Waals surface area contributed by atoms with Crippen molar-refractivity contribution in [2.75, 3.05) is 6.61 Å². The van der Waals surface area contributed by atoms with E-state index in [0.717, 1.165) is 6.42 Å². The zero-order valence-corrected chi connectivity index (χ0v) is 9.95. The van der Waals surface area contributed by atoms with Crippen LogP contribution in [0.4, 0.5) is 17.6 Å². The van der Waals surface area contributed by atoms with Crippen molar-refractivity contribution in [2.45, 2.75) is 29.9 Å². The van der Waals surface area contributed by atoms with Crippen LogP contribution in [0.15, 0.2) is 29.2 Å². The van der Waals surface area contributed by atoms with E-state index in [4.69, 9.17) is 4.74 Å². The summed E-state index contributed by atoms with van der Waals surface area (Å²) >= 11 is -0.152. The normalized spacial score (nSPS) is 11.9. The molecule has 0 aliphatic rings. The predicted octanol–water partition coefficient (Wildman–Crippen LogP) is 4.43. The van der Waals surface area contributed by atoms with E-state index in [1.54, 1.807) is 0 Å². The van der Waals surface area contributed by atoms with Crippen molar-refractivity contribution >= 4 is 11.8 Å². The second-order valence-corrected chi connectivity index (χ2v) is 4.50. The molecule has 0 amide bonds. The highest BCUT2D eigenvalue weighted by molar-refractivity contribution is 8.00. The van der Waals surface area contributed by atoms with Gasteiger partial charge in [0, 0.05) is 4.90 Å². The molecule has 0 unspecified atom stereocenters. The van der Waals surface area contributed by atoms with E-state index in [-0.39, 0.29) is 16.7 Å². The molecular formula is C11H12F4OS.